The van der Waals surface area contributed by atoms with Crippen LogP contribution in [0.1, 0.15) is 25.5 Å². The Morgan fingerprint density at radius 3 is 2.62 bits per heavy atom. The standard InChI is InChI=1S/C11H17N5/c1-9(2)16-8-11(6-14-16)12-4-10-5-13-15(3)7-10/h5-9,12H,4H2,1-3H3. The first-order valence-corrected chi connectivity index (χ1v) is 5.40. The summed E-state index contributed by atoms with van der Waals surface area (Å²) in [7, 11) is 1.92. The fourth-order valence-electron chi connectivity index (χ4n) is 1.48. The van der Waals surface area contributed by atoms with Crippen molar-refractivity contribution in [2.75, 3.05) is 5.32 Å². The molecule has 0 aliphatic rings. The van der Waals surface area contributed by atoms with E-state index in [1.165, 1.54) is 5.56 Å². The number of hydrogen-bond acceptors (Lipinski definition) is 3. The number of hydrogen-bond donors (Lipinski definition) is 1. The average molecular weight is 219 g/mol. The number of nitrogens with zero attached hydrogens (tertiary/aromatic N) is 4. The average Bonchev–Trinajstić information content (AvgIpc) is 2.83. The van der Waals surface area contributed by atoms with Crippen LogP contribution in [0.4, 0.5) is 5.69 Å². The third-order valence-corrected chi connectivity index (χ3v) is 2.39. The van der Waals surface area contributed by atoms with Crippen molar-refractivity contribution < 1.29 is 0 Å². The smallest absolute Gasteiger partial charge is 0.0729 e. The van der Waals surface area contributed by atoms with Crippen LogP contribution < -0.4 is 5.32 Å². The molecule has 0 atom stereocenters. The number of aryl methyl sites for hydroxylation is 1. The molecule has 5 heteroatoms. The Kier molecular flexibility index (Phi) is 2.94. The molecule has 5 nitrogen and oxygen atoms in total. The van der Waals surface area contributed by atoms with Gasteiger partial charge in [0.05, 0.1) is 18.1 Å². The van der Waals surface area contributed by atoms with E-state index in [0.29, 0.717) is 6.04 Å². The van der Waals surface area contributed by atoms with Gasteiger partial charge >= 0.3 is 0 Å². The Labute approximate surface area is 95.1 Å². The summed E-state index contributed by atoms with van der Waals surface area (Å²) < 4.78 is 3.74. The highest BCUT2D eigenvalue weighted by atomic mass is 15.3. The van der Waals surface area contributed by atoms with Gasteiger partial charge in [-0.05, 0) is 13.8 Å². The molecule has 0 aliphatic carbocycles. The molecule has 2 heterocycles. The first-order chi connectivity index (χ1) is 7.65. The molecule has 86 valence electrons. The molecule has 2 rings (SSSR count). The van der Waals surface area contributed by atoms with Crippen LogP contribution >= 0.6 is 0 Å². The van der Waals surface area contributed by atoms with Crippen LogP contribution in [-0.4, -0.2) is 19.6 Å². The second-order valence-corrected chi connectivity index (χ2v) is 4.18. The molecule has 0 saturated heterocycles. The first-order valence-electron chi connectivity index (χ1n) is 5.40. The molecule has 1 N–H and O–H groups in total. The van der Waals surface area contributed by atoms with Crippen molar-refractivity contribution in [1.29, 1.82) is 0 Å². The Bertz CT molecular complexity index is 454. The molecule has 0 unspecified atom stereocenters. The van der Waals surface area contributed by atoms with E-state index in [9.17, 15) is 0 Å². The van der Waals surface area contributed by atoms with E-state index in [1.807, 2.05) is 36.5 Å². The minimum absolute atomic E-state index is 0.397. The van der Waals surface area contributed by atoms with Gasteiger partial charge in [0.15, 0.2) is 0 Å². The van der Waals surface area contributed by atoms with Crippen LogP contribution in [0.15, 0.2) is 24.8 Å². The van der Waals surface area contributed by atoms with Crippen LogP contribution in [0.3, 0.4) is 0 Å². The summed E-state index contributed by atoms with van der Waals surface area (Å²) in [6, 6.07) is 0.397. The summed E-state index contributed by atoms with van der Waals surface area (Å²) in [6.07, 6.45) is 7.72. The normalized spacial score (nSPS) is 11.0. The Hall–Kier alpha value is -1.78. The van der Waals surface area contributed by atoms with E-state index < -0.39 is 0 Å². The molecule has 0 amide bonds. The number of nitrogens with one attached hydrogen (secondary N) is 1. The molecule has 0 aliphatic heterocycles. The Balaban J connectivity index is 1.94. The lowest BCUT2D eigenvalue weighted by molar-refractivity contribution is 0.532. The molecule has 0 radical (unpaired) electrons. The van der Waals surface area contributed by atoms with Crippen molar-refractivity contribution in [2.45, 2.75) is 26.4 Å². The fourth-order valence-corrected chi connectivity index (χ4v) is 1.48. The highest BCUT2D eigenvalue weighted by molar-refractivity contribution is 5.38. The number of anilines is 1. The summed E-state index contributed by atoms with van der Waals surface area (Å²) in [6.45, 7) is 4.99. The van der Waals surface area contributed by atoms with E-state index in [1.54, 1.807) is 4.68 Å². The molecule has 0 spiro atoms. The Morgan fingerprint density at radius 1 is 1.25 bits per heavy atom. The van der Waals surface area contributed by atoms with E-state index in [2.05, 4.69) is 29.4 Å². The zero-order chi connectivity index (χ0) is 11.5. The zero-order valence-electron chi connectivity index (χ0n) is 9.88. The summed E-state index contributed by atoms with van der Waals surface area (Å²) in [5.74, 6) is 0. The molecule has 2 aromatic heterocycles. The zero-order valence-corrected chi connectivity index (χ0v) is 9.88. The third kappa shape index (κ3) is 2.42. The lowest BCUT2D eigenvalue weighted by atomic mass is 10.3. The van der Waals surface area contributed by atoms with Gasteiger partial charge in [0.25, 0.3) is 0 Å². The monoisotopic (exact) mass is 219 g/mol. The SMILES string of the molecule is CC(C)n1cc(NCc2cnn(C)c2)cn1. The molecular weight excluding hydrogens is 202 g/mol. The van der Waals surface area contributed by atoms with Gasteiger partial charge in [-0.2, -0.15) is 10.2 Å². The maximum absolute atomic E-state index is 4.27. The van der Waals surface area contributed by atoms with Gasteiger partial charge in [0, 0.05) is 37.6 Å². The number of rotatable bonds is 4. The molecule has 0 bridgehead atoms. The summed E-state index contributed by atoms with van der Waals surface area (Å²) >= 11 is 0. The fraction of sp³-hybridized carbons (Fsp3) is 0.455. The lowest BCUT2D eigenvalue weighted by Gasteiger charge is -2.03. The first kappa shape index (κ1) is 10.7. The minimum Gasteiger partial charge on any atom is -0.378 e. The van der Waals surface area contributed by atoms with Gasteiger partial charge in [-0.15, -0.1) is 0 Å². The quantitative estimate of drug-likeness (QED) is 0.853. The van der Waals surface area contributed by atoms with Crippen molar-refractivity contribution in [3.63, 3.8) is 0 Å². The van der Waals surface area contributed by atoms with Gasteiger partial charge in [-0.1, -0.05) is 0 Å². The van der Waals surface area contributed by atoms with Crippen molar-refractivity contribution >= 4 is 5.69 Å². The maximum atomic E-state index is 4.27. The minimum atomic E-state index is 0.397. The van der Waals surface area contributed by atoms with Gasteiger partial charge in [-0.25, -0.2) is 0 Å². The van der Waals surface area contributed by atoms with Crippen molar-refractivity contribution in [3.8, 4) is 0 Å². The predicted molar refractivity (Wildman–Crippen MR) is 63.1 cm³/mol. The highest BCUT2D eigenvalue weighted by Crippen LogP contribution is 2.11. The topological polar surface area (TPSA) is 47.7 Å². The van der Waals surface area contributed by atoms with Crippen LogP contribution in [0.25, 0.3) is 0 Å². The molecule has 16 heavy (non-hydrogen) atoms. The third-order valence-electron chi connectivity index (χ3n) is 2.39. The summed E-state index contributed by atoms with van der Waals surface area (Å²) in [5, 5.41) is 11.7. The van der Waals surface area contributed by atoms with Crippen molar-refractivity contribution in [3.05, 3.63) is 30.4 Å². The molecule has 0 saturated carbocycles. The van der Waals surface area contributed by atoms with Crippen LogP contribution in [-0.2, 0) is 13.6 Å². The Morgan fingerprint density at radius 2 is 2.06 bits per heavy atom. The summed E-state index contributed by atoms with van der Waals surface area (Å²) in [4.78, 5) is 0. The van der Waals surface area contributed by atoms with Crippen LogP contribution in [0.5, 0.6) is 0 Å². The van der Waals surface area contributed by atoms with E-state index in [0.717, 1.165) is 12.2 Å². The number of aromatic nitrogens is 4. The van der Waals surface area contributed by atoms with Crippen LogP contribution in [0.2, 0.25) is 0 Å². The second kappa shape index (κ2) is 4.38. The van der Waals surface area contributed by atoms with Crippen molar-refractivity contribution in [2.24, 2.45) is 7.05 Å². The lowest BCUT2D eigenvalue weighted by Crippen LogP contribution is -2.00. The second-order valence-electron chi connectivity index (χ2n) is 4.18. The molecule has 2 aromatic rings. The predicted octanol–water partition coefficient (Wildman–Crippen LogP) is 1.81. The van der Waals surface area contributed by atoms with Gasteiger partial charge < -0.3 is 5.32 Å². The largest absolute Gasteiger partial charge is 0.378 e. The van der Waals surface area contributed by atoms with E-state index >= 15 is 0 Å². The molecular formula is C11H17N5. The highest BCUT2D eigenvalue weighted by Gasteiger charge is 2.01. The van der Waals surface area contributed by atoms with E-state index in [4.69, 9.17) is 0 Å². The maximum Gasteiger partial charge on any atom is 0.0729 e. The summed E-state index contributed by atoms with van der Waals surface area (Å²) in [5.41, 5.74) is 2.21. The van der Waals surface area contributed by atoms with Gasteiger partial charge in [0.1, 0.15) is 0 Å². The van der Waals surface area contributed by atoms with Crippen molar-refractivity contribution in [1.82, 2.24) is 19.6 Å². The molecule has 0 fully saturated rings. The molecule has 0 aromatic carbocycles. The van der Waals surface area contributed by atoms with Gasteiger partial charge in [0.2, 0.25) is 0 Å². The van der Waals surface area contributed by atoms with Crippen LogP contribution in [0, 0.1) is 0 Å². The van der Waals surface area contributed by atoms with Gasteiger partial charge in [-0.3, -0.25) is 9.36 Å². The van der Waals surface area contributed by atoms with E-state index in [-0.39, 0.29) is 0 Å².